The summed E-state index contributed by atoms with van der Waals surface area (Å²) in [5.41, 5.74) is 7.72. The highest BCUT2D eigenvalue weighted by atomic mass is 79.9. The Labute approximate surface area is 94.0 Å². The van der Waals surface area contributed by atoms with Crippen LogP contribution in [0.15, 0.2) is 22.7 Å². The van der Waals surface area contributed by atoms with Gasteiger partial charge in [0.2, 0.25) is 0 Å². The van der Waals surface area contributed by atoms with Gasteiger partial charge in [-0.1, -0.05) is 19.4 Å². The Morgan fingerprint density at radius 2 is 2.21 bits per heavy atom. The molecule has 0 aliphatic rings. The van der Waals surface area contributed by atoms with Gasteiger partial charge in [-0.15, -0.1) is 0 Å². The van der Waals surface area contributed by atoms with E-state index >= 15 is 0 Å². The molecule has 0 saturated carbocycles. The van der Waals surface area contributed by atoms with E-state index in [0.717, 1.165) is 22.3 Å². The van der Waals surface area contributed by atoms with Gasteiger partial charge in [0.05, 0.1) is 11.4 Å². The zero-order chi connectivity index (χ0) is 10.6. The molecule has 0 aliphatic carbocycles. The zero-order valence-corrected chi connectivity index (χ0v) is 10.3. The van der Waals surface area contributed by atoms with Crippen LogP contribution in [0, 0.1) is 0 Å². The van der Waals surface area contributed by atoms with E-state index < -0.39 is 0 Å². The third-order valence-corrected chi connectivity index (χ3v) is 2.87. The van der Waals surface area contributed by atoms with Crippen LogP contribution in [0.2, 0.25) is 0 Å². The van der Waals surface area contributed by atoms with Gasteiger partial charge in [-0.25, -0.2) is 0 Å². The number of nitrogen functional groups attached to an aromatic ring is 1. The van der Waals surface area contributed by atoms with Crippen LogP contribution in [0.4, 0.5) is 11.4 Å². The maximum absolute atomic E-state index is 5.92. The molecular formula is C11H17BrN2. The topological polar surface area (TPSA) is 38.0 Å². The lowest BCUT2D eigenvalue weighted by Gasteiger charge is -2.16. The van der Waals surface area contributed by atoms with Crippen LogP contribution < -0.4 is 11.1 Å². The summed E-state index contributed by atoms with van der Waals surface area (Å²) in [6, 6.07) is 6.41. The first kappa shape index (κ1) is 11.4. The summed E-state index contributed by atoms with van der Waals surface area (Å²) in [6.07, 6.45) is 2.34. The molecule has 14 heavy (non-hydrogen) atoms. The van der Waals surface area contributed by atoms with Gasteiger partial charge in [0.25, 0.3) is 0 Å². The van der Waals surface area contributed by atoms with Gasteiger partial charge in [0, 0.05) is 10.5 Å². The Morgan fingerprint density at radius 3 is 2.86 bits per heavy atom. The van der Waals surface area contributed by atoms with Crippen LogP contribution >= 0.6 is 15.9 Å². The molecule has 0 fully saturated rings. The van der Waals surface area contributed by atoms with E-state index in [9.17, 15) is 0 Å². The largest absolute Gasteiger partial charge is 0.396 e. The standard InChI is InChI=1S/C11H17BrN2/c1-3-5-8(2)14-10-7-4-6-9(12)11(10)13/h4,6-8,14H,3,5,13H2,1-2H3. The summed E-state index contributed by atoms with van der Waals surface area (Å²) in [7, 11) is 0. The predicted octanol–water partition coefficient (Wildman–Crippen LogP) is 3.63. The Kier molecular flexibility index (Phi) is 4.26. The van der Waals surface area contributed by atoms with Crippen LogP contribution in [0.1, 0.15) is 26.7 Å². The van der Waals surface area contributed by atoms with Crippen molar-refractivity contribution in [3.63, 3.8) is 0 Å². The van der Waals surface area contributed by atoms with Crippen LogP contribution in [-0.4, -0.2) is 6.04 Å². The number of para-hydroxylation sites is 1. The number of nitrogens with two attached hydrogens (primary N) is 1. The van der Waals surface area contributed by atoms with Gasteiger partial charge in [-0.3, -0.25) is 0 Å². The first-order valence-corrected chi connectivity index (χ1v) is 5.75. The molecule has 78 valence electrons. The molecule has 1 atom stereocenters. The van der Waals surface area contributed by atoms with Crippen LogP contribution in [-0.2, 0) is 0 Å². The normalized spacial score (nSPS) is 12.5. The van der Waals surface area contributed by atoms with Crippen molar-refractivity contribution >= 4 is 27.3 Å². The van der Waals surface area contributed by atoms with Crippen molar-refractivity contribution in [3.8, 4) is 0 Å². The summed E-state index contributed by atoms with van der Waals surface area (Å²) in [5, 5.41) is 3.40. The lowest BCUT2D eigenvalue weighted by atomic mass is 10.2. The maximum Gasteiger partial charge on any atom is 0.0694 e. The Hall–Kier alpha value is -0.700. The van der Waals surface area contributed by atoms with Crippen LogP contribution in [0.5, 0.6) is 0 Å². The van der Waals surface area contributed by atoms with E-state index in [4.69, 9.17) is 5.73 Å². The number of benzene rings is 1. The summed E-state index contributed by atoms with van der Waals surface area (Å²) < 4.78 is 0.950. The van der Waals surface area contributed by atoms with Crippen molar-refractivity contribution in [2.24, 2.45) is 0 Å². The molecule has 3 heteroatoms. The molecule has 0 aromatic heterocycles. The minimum absolute atomic E-state index is 0.469. The first-order chi connectivity index (χ1) is 6.65. The molecule has 0 bridgehead atoms. The van der Waals surface area contributed by atoms with Crippen molar-refractivity contribution < 1.29 is 0 Å². The lowest BCUT2D eigenvalue weighted by Crippen LogP contribution is -2.15. The predicted molar refractivity (Wildman–Crippen MR) is 66.5 cm³/mol. The van der Waals surface area contributed by atoms with E-state index in [1.54, 1.807) is 0 Å². The van der Waals surface area contributed by atoms with Crippen molar-refractivity contribution in [1.82, 2.24) is 0 Å². The molecule has 0 heterocycles. The van der Waals surface area contributed by atoms with E-state index in [0.29, 0.717) is 6.04 Å². The van der Waals surface area contributed by atoms with Gasteiger partial charge in [0.15, 0.2) is 0 Å². The van der Waals surface area contributed by atoms with Gasteiger partial charge >= 0.3 is 0 Å². The molecule has 0 spiro atoms. The number of anilines is 2. The molecule has 1 unspecified atom stereocenters. The minimum Gasteiger partial charge on any atom is -0.396 e. The molecule has 0 radical (unpaired) electrons. The van der Waals surface area contributed by atoms with Gasteiger partial charge in [-0.05, 0) is 41.4 Å². The van der Waals surface area contributed by atoms with Gasteiger partial charge in [-0.2, -0.15) is 0 Å². The highest BCUT2D eigenvalue weighted by molar-refractivity contribution is 9.10. The average molecular weight is 257 g/mol. The second-order valence-corrected chi connectivity index (χ2v) is 4.39. The summed E-state index contributed by atoms with van der Waals surface area (Å²) in [5.74, 6) is 0. The van der Waals surface area contributed by atoms with Gasteiger partial charge in [0.1, 0.15) is 0 Å². The molecule has 3 N–H and O–H groups in total. The highest BCUT2D eigenvalue weighted by Gasteiger charge is 2.05. The minimum atomic E-state index is 0.469. The van der Waals surface area contributed by atoms with E-state index in [1.165, 1.54) is 6.42 Å². The molecular weight excluding hydrogens is 240 g/mol. The summed E-state index contributed by atoms with van der Waals surface area (Å²) in [6.45, 7) is 4.35. The van der Waals surface area contributed by atoms with Crippen molar-refractivity contribution in [2.75, 3.05) is 11.1 Å². The fraction of sp³-hybridized carbons (Fsp3) is 0.455. The average Bonchev–Trinajstić information content (AvgIpc) is 2.13. The Morgan fingerprint density at radius 1 is 1.50 bits per heavy atom. The number of halogens is 1. The molecule has 0 aliphatic heterocycles. The second-order valence-electron chi connectivity index (χ2n) is 3.54. The quantitative estimate of drug-likeness (QED) is 0.808. The third kappa shape index (κ3) is 2.91. The maximum atomic E-state index is 5.92. The van der Waals surface area contributed by atoms with Crippen molar-refractivity contribution in [3.05, 3.63) is 22.7 Å². The van der Waals surface area contributed by atoms with E-state index in [1.807, 2.05) is 18.2 Å². The lowest BCUT2D eigenvalue weighted by molar-refractivity contribution is 0.691. The number of rotatable bonds is 4. The SMILES string of the molecule is CCCC(C)Nc1cccc(Br)c1N. The molecule has 2 nitrogen and oxygen atoms in total. The fourth-order valence-electron chi connectivity index (χ4n) is 1.43. The molecule has 1 aromatic rings. The number of nitrogens with one attached hydrogen (secondary N) is 1. The van der Waals surface area contributed by atoms with E-state index in [2.05, 4.69) is 35.1 Å². The van der Waals surface area contributed by atoms with Crippen molar-refractivity contribution in [1.29, 1.82) is 0 Å². The molecule has 1 rings (SSSR count). The van der Waals surface area contributed by atoms with E-state index in [-0.39, 0.29) is 0 Å². The highest BCUT2D eigenvalue weighted by Crippen LogP contribution is 2.27. The third-order valence-electron chi connectivity index (χ3n) is 2.18. The summed E-state index contributed by atoms with van der Waals surface area (Å²) >= 11 is 3.41. The molecule has 0 saturated heterocycles. The monoisotopic (exact) mass is 256 g/mol. The second kappa shape index (κ2) is 5.25. The van der Waals surface area contributed by atoms with Crippen molar-refractivity contribution in [2.45, 2.75) is 32.7 Å². The zero-order valence-electron chi connectivity index (χ0n) is 8.68. The molecule has 1 aromatic carbocycles. The molecule has 0 amide bonds. The first-order valence-electron chi connectivity index (χ1n) is 4.95. The van der Waals surface area contributed by atoms with Crippen LogP contribution in [0.3, 0.4) is 0 Å². The number of hydrogen-bond donors (Lipinski definition) is 2. The Balaban J connectivity index is 2.71. The fourth-order valence-corrected chi connectivity index (χ4v) is 1.80. The summed E-state index contributed by atoms with van der Waals surface area (Å²) in [4.78, 5) is 0. The van der Waals surface area contributed by atoms with Crippen LogP contribution in [0.25, 0.3) is 0 Å². The van der Waals surface area contributed by atoms with Gasteiger partial charge < -0.3 is 11.1 Å². The number of hydrogen-bond acceptors (Lipinski definition) is 2. The smallest absolute Gasteiger partial charge is 0.0694 e. The Bertz CT molecular complexity index is 299.